The second-order valence-electron chi connectivity index (χ2n) is 10.9. The molecule has 5 rings (SSSR count). The molecule has 0 amide bonds. The zero-order valence-corrected chi connectivity index (χ0v) is 27.6. The van der Waals surface area contributed by atoms with Gasteiger partial charge in [-0.05, 0) is 59.0 Å². The van der Waals surface area contributed by atoms with Crippen molar-refractivity contribution in [2.24, 2.45) is 18.9 Å². The van der Waals surface area contributed by atoms with E-state index < -0.39 is 22.9 Å². The van der Waals surface area contributed by atoms with E-state index in [0.717, 1.165) is 25.9 Å². The van der Waals surface area contributed by atoms with E-state index in [0.29, 0.717) is 69.1 Å². The van der Waals surface area contributed by atoms with Crippen LogP contribution in [0.4, 0.5) is 34.9 Å². The molecule has 1 saturated heterocycles. The number of piperidine rings is 1. The lowest BCUT2D eigenvalue weighted by Gasteiger charge is -2.38. The fraction of sp³-hybridized carbons (Fsp3) is 0.400. The van der Waals surface area contributed by atoms with Crippen LogP contribution in [0.2, 0.25) is 0 Å². The van der Waals surface area contributed by atoms with Crippen LogP contribution in [0.25, 0.3) is 10.9 Å². The Kier molecular flexibility index (Phi) is 11.7. The Morgan fingerprint density at radius 1 is 1.19 bits per heavy atom. The molecule has 2 atom stereocenters. The van der Waals surface area contributed by atoms with Crippen LogP contribution < -0.4 is 14.8 Å². The number of methoxy groups -OCH3 is 1. The molecule has 0 bridgehead atoms. The van der Waals surface area contributed by atoms with E-state index in [1.807, 2.05) is 6.07 Å². The molecule has 0 saturated carbocycles. The summed E-state index contributed by atoms with van der Waals surface area (Å²) >= 11 is 3.27. The summed E-state index contributed by atoms with van der Waals surface area (Å²) in [5, 5.41) is 22.2. The van der Waals surface area contributed by atoms with Crippen LogP contribution in [-0.4, -0.2) is 73.4 Å². The van der Waals surface area contributed by atoms with Crippen LogP contribution in [0.15, 0.2) is 47.5 Å². The normalized spacial score (nSPS) is 16.6. The van der Waals surface area contributed by atoms with Crippen molar-refractivity contribution in [3.05, 3.63) is 69.1 Å². The topological polar surface area (TPSA) is 158 Å². The zero-order chi connectivity index (χ0) is 35.2. The molecular weight excluding hydrogens is 710 g/mol. The van der Waals surface area contributed by atoms with Crippen molar-refractivity contribution in [2.45, 2.75) is 32.5 Å². The quantitative estimate of drug-likeness (QED) is 0.104. The summed E-state index contributed by atoms with van der Waals surface area (Å²) in [7, 11) is 3.36. The van der Waals surface area contributed by atoms with Crippen LogP contribution in [0, 0.1) is 27.8 Å². The first-order valence-electron chi connectivity index (χ1n) is 14.6. The molecular formula is C30H32BrF4N7O6. The van der Waals surface area contributed by atoms with Gasteiger partial charge in [-0.3, -0.25) is 4.90 Å². The molecule has 13 nitrogen and oxygen atoms in total. The van der Waals surface area contributed by atoms with Crippen molar-refractivity contribution in [2.75, 3.05) is 32.1 Å². The van der Waals surface area contributed by atoms with Crippen LogP contribution in [0.1, 0.15) is 25.5 Å². The molecule has 3 heterocycles. The van der Waals surface area contributed by atoms with Crippen LogP contribution in [0.3, 0.4) is 0 Å². The lowest BCUT2D eigenvalue weighted by Crippen LogP contribution is -2.42. The molecule has 48 heavy (non-hydrogen) atoms. The van der Waals surface area contributed by atoms with E-state index in [1.165, 1.54) is 18.7 Å². The molecule has 1 fully saturated rings. The zero-order valence-electron chi connectivity index (χ0n) is 26.0. The second kappa shape index (κ2) is 15.5. The average Bonchev–Trinajstić information content (AvgIpc) is 3.40. The van der Waals surface area contributed by atoms with Gasteiger partial charge in [0.2, 0.25) is 6.33 Å². The molecule has 2 N–H and O–H groups in total. The Bertz CT molecular complexity index is 1770. The maximum atomic E-state index is 14.5. The van der Waals surface area contributed by atoms with Gasteiger partial charge in [0.15, 0.2) is 11.5 Å². The predicted molar refractivity (Wildman–Crippen MR) is 170 cm³/mol. The number of alkyl halides is 3. The number of aromatic nitrogens is 4. The maximum absolute atomic E-state index is 14.5. The van der Waals surface area contributed by atoms with Gasteiger partial charge in [0.25, 0.3) is 0 Å². The molecule has 1 aliphatic rings. The van der Waals surface area contributed by atoms with Crippen molar-refractivity contribution in [1.82, 2.24) is 24.4 Å². The molecule has 258 valence electrons. The number of benzene rings is 2. The highest BCUT2D eigenvalue weighted by molar-refractivity contribution is 9.10. The number of nitrogens with zero attached hydrogens (tertiary/aromatic N) is 6. The lowest BCUT2D eigenvalue weighted by atomic mass is 9.84. The fourth-order valence-electron chi connectivity index (χ4n) is 5.32. The number of fused-ring (bicyclic) bond motifs is 1. The summed E-state index contributed by atoms with van der Waals surface area (Å²) in [5.74, 6) is -1.03. The van der Waals surface area contributed by atoms with Gasteiger partial charge in [-0.2, -0.15) is 13.2 Å². The highest BCUT2D eigenvalue weighted by atomic mass is 79.9. The predicted octanol–water partition coefficient (Wildman–Crippen LogP) is 6.49. The minimum atomic E-state index is -5.08. The second-order valence-corrected chi connectivity index (χ2v) is 11.9. The first kappa shape index (κ1) is 36.3. The molecule has 0 radical (unpaired) electrons. The molecule has 0 spiro atoms. The Labute approximate surface area is 280 Å². The van der Waals surface area contributed by atoms with E-state index in [2.05, 4.69) is 48.0 Å². The van der Waals surface area contributed by atoms with Gasteiger partial charge in [0.05, 0.1) is 24.9 Å². The summed E-state index contributed by atoms with van der Waals surface area (Å²) in [6.45, 7) is 4.76. The van der Waals surface area contributed by atoms with Crippen LogP contribution >= 0.6 is 15.9 Å². The van der Waals surface area contributed by atoms with Gasteiger partial charge >= 0.3 is 18.0 Å². The third-order valence-electron chi connectivity index (χ3n) is 7.88. The Hall–Kier alpha value is -4.58. The highest BCUT2D eigenvalue weighted by Gasteiger charge is 2.38. The number of nitro groups is 1. The lowest BCUT2D eigenvalue weighted by molar-refractivity contribution is -0.390. The molecule has 2 aromatic carbocycles. The number of anilines is 2. The maximum Gasteiger partial charge on any atom is 0.490 e. The largest absolute Gasteiger partial charge is 0.493 e. The Balaban J connectivity index is 0.000000671. The van der Waals surface area contributed by atoms with Crippen LogP contribution in [0.5, 0.6) is 11.5 Å². The van der Waals surface area contributed by atoms with E-state index in [-0.39, 0.29) is 5.82 Å². The number of hydrogen-bond acceptors (Lipinski definition) is 10. The Morgan fingerprint density at radius 2 is 1.92 bits per heavy atom. The number of carboxylic acid groups (broad SMARTS) is 1. The van der Waals surface area contributed by atoms with Gasteiger partial charge in [0, 0.05) is 36.1 Å². The SMILES string of the molecule is CCC1CN(Cc2c([N+](=O)[O-])ncn2C)CCC1COc1cc2ncnc(Nc3ccc(Br)cc3F)c2cc1OC.O=C(O)C(F)(F)F. The fourth-order valence-corrected chi connectivity index (χ4v) is 5.66. The van der Waals surface area contributed by atoms with Gasteiger partial charge in [-0.1, -0.05) is 29.3 Å². The first-order valence-corrected chi connectivity index (χ1v) is 15.4. The number of ether oxygens (including phenoxy) is 2. The van der Waals surface area contributed by atoms with Gasteiger partial charge in [-0.15, -0.1) is 0 Å². The molecule has 1 aliphatic heterocycles. The monoisotopic (exact) mass is 741 g/mol. The summed E-state index contributed by atoms with van der Waals surface area (Å²) in [6, 6.07) is 8.38. The van der Waals surface area contributed by atoms with Crippen molar-refractivity contribution in [3.8, 4) is 11.5 Å². The molecule has 18 heteroatoms. The summed E-state index contributed by atoms with van der Waals surface area (Å²) < 4.78 is 60.5. The minimum absolute atomic E-state index is 0.0847. The number of rotatable bonds is 10. The number of halogens is 5. The molecule has 2 aromatic heterocycles. The first-order chi connectivity index (χ1) is 22.7. The number of likely N-dealkylation sites (tertiary alicyclic amines) is 1. The smallest absolute Gasteiger partial charge is 0.490 e. The molecule has 2 unspecified atom stereocenters. The number of imidazole rings is 1. The third-order valence-corrected chi connectivity index (χ3v) is 8.38. The Morgan fingerprint density at radius 3 is 2.54 bits per heavy atom. The number of aryl methyl sites for hydroxylation is 1. The standard InChI is InChI=1S/C28H31BrFN7O4.C2HF3O2/c1-4-17-12-36(13-24-28(37(38)39)33-16-35(24)2)8-7-18(17)14-41-26-11-23-20(10-25(26)40-3)27(32-15-31-23)34-22-6-5-19(29)9-21(22)30;3-2(4,5)1(6)7/h5-6,9-11,15-18H,4,7-8,12-14H2,1-3H3,(H,31,32,34);(H,6,7). The number of hydrogen-bond donors (Lipinski definition) is 2. The number of aliphatic carboxylic acids is 1. The van der Waals surface area contributed by atoms with Gasteiger partial charge in [-0.25, -0.2) is 19.2 Å². The highest BCUT2D eigenvalue weighted by Crippen LogP contribution is 2.37. The summed E-state index contributed by atoms with van der Waals surface area (Å²) in [6.07, 6.45) is -0.310. The van der Waals surface area contributed by atoms with E-state index in [1.54, 1.807) is 36.9 Å². The van der Waals surface area contributed by atoms with Crippen molar-refractivity contribution in [3.63, 3.8) is 0 Å². The number of nitrogens with one attached hydrogen (secondary N) is 1. The summed E-state index contributed by atoms with van der Waals surface area (Å²) in [5.41, 5.74) is 1.54. The van der Waals surface area contributed by atoms with Crippen molar-refractivity contribution < 1.29 is 41.9 Å². The number of carboxylic acids is 1. The molecule has 4 aromatic rings. The van der Waals surface area contributed by atoms with Crippen molar-refractivity contribution in [1.29, 1.82) is 0 Å². The number of carbonyl (C=O) groups is 1. The van der Waals surface area contributed by atoms with Gasteiger partial charge < -0.3 is 34.6 Å². The summed E-state index contributed by atoms with van der Waals surface area (Å²) in [4.78, 5) is 34.8. The van der Waals surface area contributed by atoms with E-state index in [9.17, 15) is 27.7 Å². The van der Waals surface area contributed by atoms with Gasteiger partial charge in [0.1, 0.15) is 23.7 Å². The van der Waals surface area contributed by atoms with Crippen LogP contribution in [-0.2, 0) is 18.4 Å². The van der Waals surface area contributed by atoms with Crippen molar-refractivity contribution >= 4 is 50.1 Å². The third kappa shape index (κ3) is 8.85. The molecule has 0 aliphatic carbocycles. The average molecular weight is 743 g/mol. The minimum Gasteiger partial charge on any atom is -0.493 e. The van der Waals surface area contributed by atoms with E-state index >= 15 is 0 Å². The van der Waals surface area contributed by atoms with E-state index in [4.69, 9.17) is 19.4 Å².